The average molecular weight is 285 g/mol. The van der Waals surface area contributed by atoms with Gasteiger partial charge in [-0.05, 0) is 37.1 Å². The van der Waals surface area contributed by atoms with Gasteiger partial charge in [-0.25, -0.2) is 0 Å². The Hall–Kier alpha value is -2.00. The molecule has 3 nitrogen and oxygen atoms in total. The number of hydrogen-bond donors (Lipinski definition) is 2. The lowest BCUT2D eigenvalue weighted by atomic mass is 10.0. The van der Waals surface area contributed by atoms with E-state index in [0.717, 1.165) is 23.4 Å². The van der Waals surface area contributed by atoms with Crippen LogP contribution < -0.4 is 10.1 Å². The predicted octanol–water partition coefficient (Wildman–Crippen LogP) is 4.14. The highest BCUT2D eigenvalue weighted by Gasteiger charge is 2.10. The summed E-state index contributed by atoms with van der Waals surface area (Å²) in [5.41, 5.74) is 3.07. The summed E-state index contributed by atoms with van der Waals surface area (Å²) in [6.07, 6.45) is 0.992. The predicted molar refractivity (Wildman–Crippen MR) is 86.6 cm³/mol. The molecular formula is C18H23NO2. The van der Waals surface area contributed by atoms with E-state index in [1.165, 1.54) is 5.56 Å². The van der Waals surface area contributed by atoms with E-state index in [0.29, 0.717) is 6.61 Å². The van der Waals surface area contributed by atoms with E-state index in [9.17, 15) is 5.11 Å². The zero-order valence-electron chi connectivity index (χ0n) is 12.7. The molecule has 1 unspecified atom stereocenters. The fourth-order valence-electron chi connectivity index (χ4n) is 2.40. The van der Waals surface area contributed by atoms with Crippen LogP contribution in [0.5, 0.6) is 5.75 Å². The van der Waals surface area contributed by atoms with Crippen molar-refractivity contribution in [2.75, 3.05) is 11.9 Å². The summed E-state index contributed by atoms with van der Waals surface area (Å²) in [6.45, 7) is 4.68. The first-order chi connectivity index (χ1) is 10.3. The number of aliphatic hydroxyl groups is 1. The zero-order valence-corrected chi connectivity index (χ0v) is 12.7. The summed E-state index contributed by atoms with van der Waals surface area (Å²) in [5, 5.41) is 13.0. The quantitative estimate of drug-likeness (QED) is 0.803. The van der Waals surface area contributed by atoms with Gasteiger partial charge in [0.2, 0.25) is 0 Å². The molecule has 3 heteroatoms. The average Bonchev–Trinajstić information content (AvgIpc) is 2.54. The minimum atomic E-state index is -0.0209. The van der Waals surface area contributed by atoms with Crippen molar-refractivity contribution in [2.24, 2.45) is 0 Å². The fraction of sp³-hybridized carbons (Fsp3) is 0.333. The van der Waals surface area contributed by atoms with Gasteiger partial charge in [-0.2, -0.15) is 0 Å². The third-order valence-electron chi connectivity index (χ3n) is 3.48. The first kappa shape index (κ1) is 15.4. The number of benzene rings is 2. The molecule has 0 radical (unpaired) electrons. The van der Waals surface area contributed by atoms with Crippen molar-refractivity contribution >= 4 is 5.69 Å². The third-order valence-corrected chi connectivity index (χ3v) is 3.48. The molecule has 0 aliphatic heterocycles. The highest BCUT2D eigenvalue weighted by Crippen LogP contribution is 2.27. The summed E-state index contributed by atoms with van der Waals surface area (Å²) in [4.78, 5) is 0. The van der Waals surface area contributed by atoms with Gasteiger partial charge in [0, 0.05) is 11.3 Å². The summed E-state index contributed by atoms with van der Waals surface area (Å²) in [6, 6.07) is 16.5. The van der Waals surface area contributed by atoms with Crippen molar-refractivity contribution in [1.29, 1.82) is 0 Å². The Kier molecular flexibility index (Phi) is 5.64. The van der Waals surface area contributed by atoms with Crippen LogP contribution >= 0.6 is 0 Å². The van der Waals surface area contributed by atoms with E-state index in [2.05, 4.69) is 36.5 Å². The van der Waals surface area contributed by atoms with E-state index in [4.69, 9.17) is 4.74 Å². The van der Waals surface area contributed by atoms with Crippen molar-refractivity contribution in [3.8, 4) is 5.75 Å². The van der Waals surface area contributed by atoms with Crippen molar-refractivity contribution in [2.45, 2.75) is 32.9 Å². The second-order valence-electron chi connectivity index (χ2n) is 4.93. The zero-order chi connectivity index (χ0) is 15.1. The lowest BCUT2D eigenvalue weighted by Gasteiger charge is -2.20. The highest BCUT2D eigenvalue weighted by atomic mass is 16.5. The van der Waals surface area contributed by atoms with Gasteiger partial charge in [0.1, 0.15) is 5.75 Å². The minimum absolute atomic E-state index is 0.0209. The fourth-order valence-corrected chi connectivity index (χ4v) is 2.40. The van der Waals surface area contributed by atoms with Crippen LogP contribution in [0.2, 0.25) is 0 Å². The maximum Gasteiger partial charge on any atom is 0.124 e. The lowest BCUT2D eigenvalue weighted by Crippen LogP contribution is -2.10. The van der Waals surface area contributed by atoms with Crippen molar-refractivity contribution < 1.29 is 9.84 Å². The summed E-state index contributed by atoms with van der Waals surface area (Å²) < 4.78 is 5.51. The van der Waals surface area contributed by atoms with Crippen LogP contribution in [-0.4, -0.2) is 11.7 Å². The van der Waals surface area contributed by atoms with Crippen molar-refractivity contribution in [3.63, 3.8) is 0 Å². The first-order valence-electron chi connectivity index (χ1n) is 7.46. The number of nitrogens with one attached hydrogen (secondary N) is 1. The van der Waals surface area contributed by atoms with Crippen LogP contribution in [0.25, 0.3) is 0 Å². The van der Waals surface area contributed by atoms with Crippen molar-refractivity contribution in [3.05, 3.63) is 59.7 Å². The number of aliphatic hydroxyl groups excluding tert-OH is 1. The third kappa shape index (κ3) is 3.99. The number of anilines is 1. The molecule has 0 saturated carbocycles. The smallest absolute Gasteiger partial charge is 0.124 e. The number of ether oxygens (including phenoxy) is 1. The molecule has 2 rings (SSSR count). The molecule has 0 bridgehead atoms. The Morgan fingerprint density at radius 1 is 1.10 bits per heavy atom. The maximum atomic E-state index is 9.47. The molecule has 2 aromatic carbocycles. The Balaban J connectivity index is 2.18. The topological polar surface area (TPSA) is 41.5 Å². The summed E-state index contributed by atoms with van der Waals surface area (Å²) in [5.74, 6) is 0.748. The molecule has 0 heterocycles. The second kappa shape index (κ2) is 7.70. The van der Waals surface area contributed by atoms with Crippen LogP contribution in [0.4, 0.5) is 5.69 Å². The number of hydrogen-bond acceptors (Lipinski definition) is 3. The molecule has 0 fully saturated rings. The van der Waals surface area contributed by atoms with Gasteiger partial charge >= 0.3 is 0 Å². The summed E-state index contributed by atoms with van der Waals surface area (Å²) in [7, 11) is 0. The van der Waals surface area contributed by atoms with Crippen LogP contribution in [0.1, 0.15) is 37.4 Å². The van der Waals surface area contributed by atoms with Crippen molar-refractivity contribution in [1.82, 2.24) is 0 Å². The van der Waals surface area contributed by atoms with Gasteiger partial charge in [0.25, 0.3) is 0 Å². The Bertz CT molecular complexity index is 554. The first-order valence-corrected chi connectivity index (χ1v) is 7.46. The second-order valence-corrected chi connectivity index (χ2v) is 4.93. The molecule has 2 aromatic rings. The minimum Gasteiger partial charge on any atom is -0.494 e. The van der Waals surface area contributed by atoms with Gasteiger partial charge < -0.3 is 15.2 Å². The van der Waals surface area contributed by atoms with Gasteiger partial charge in [-0.1, -0.05) is 37.3 Å². The van der Waals surface area contributed by atoms with Crippen LogP contribution in [-0.2, 0) is 6.61 Å². The molecule has 0 spiro atoms. The van der Waals surface area contributed by atoms with Gasteiger partial charge in [0.15, 0.2) is 0 Å². The Labute approximate surface area is 126 Å². The van der Waals surface area contributed by atoms with E-state index >= 15 is 0 Å². The summed E-state index contributed by atoms with van der Waals surface area (Å²) >= 11 is 0. The van der Waals surface area contributed by atoms with E-state index < -0.39 is 0 Å². The molecule has 2 N–H and O–H groups in total. The van der Waals surface area contributed by atoms with Crippen LogP contribution in [0, 0.1) is 0 Å². The molecule has 21 heavy (non-hydrogen) atoms. The Morgan fingerprint density at radius 3 is 2.48 bits per heavy atom. The van der Waals surface area contributed by atoms with Gasteiger partial charge in [0.05, 0.1) is 19.3 Å². The maximum absolute atomic E-state index is 9.47. The molecule has 112 valence electrons. The normalized spacial score (nSPS) is 12.0. The van der Waals surface area contributed by atoms with Crippen LogP contribution in [0.3, 0.4) is 0 Å². The molecule has 0 aliphatic carbocycles. The monoisotopic (exact) mass is 285 g/mol. The molecule has 0 aromatic heterocycles. The Morgan fingerprint density at radius 2 is 1.86 bits per heavy atom. The molecule has 0 saturated heterocycles. The van der Waals surface area contributed by atoms with Gasteiger partial charge in [-0.15, -0.1) is 0 Å². The van der Waals surface area contributed by atoms with Crippen LogP contribution in [0.15, 0.2) is 48.5 Å². The lowest BCUT2D eigenvalue weighted by molar-refractivity contribution is 0.267. The van der Waals surface area contributed by atoms with E-state index in [1.807, 2.05) is 31.2 Å². The molecule has 1 atom stereocenters. The standard InChI is InChI=1S/C18H23NO2/c1-3-17(14-8-6-5-7-9-14)19-16-10-11-18(21-4-2)15(12-16)13-20/h5-12,17,19-20H,3-4,13H2,1-2H3. The largest absolute Gasteiger partial charge is 0.494 e. The van der Waals surface area contributed by atoms with Gasteiger partial charge in [-0.3, -0.25) is 0 Å². The molecular weight excluding hydrogens is 262 g/mol. The van der Waals surface area contributed by atoms with E-state index in [-0.39, 0.29) is 12.6 Å². The van der Waals surface area contributed by atoms with E-state index in [1.54, 1.807) is 0 Å². The number of rotatable bonds is 7. The SMILES string of the molecule is CCOc1ccc(NC(CC)c2ccccc2)cc1CO. The molecule has 0 amide bonds. The molecule has 0 aliphatic rings. The highest BCUT2D eigenvalue weighted by molar-refractivity contribution is 5.52.